The molecule has 6 aliphatic rings. The third kappa shape index (κ3) is 3.16. The third-order valence-electron chi connectivity index (χ3n) is 13.9. The second kappa shape index (κ2) is 8.34. The molecule has 0 aromatic carbocycles. The smallest absolute Gasteiger partial charge is 0.509 e. The van der Waals surface area contributed by atoms with Gasteiger partial charge in [-0.1, -0.05) is 34.6 Å². The molecule has 9 heteroatoms. The number of aliphatic hydroxyl groups excluding tert-OH is 1. The van der Waals surface area contributed by atoms with Gasteiger partial charge in [-0.15, -0.1) is 0 Å². The Balaban J connectivity index is 1.33. The van der Waals surface area contributed by atoms with Gasteiger partial charge in [-0.3, -0.25) is 4.79 Å². The van der Waals surface area contributed by atoms with Crippen molar-refractivity contribution < 1.29 is 42.9 Å². The fourth-order valence-corrected chi connectivity index (χ4v) is 10.8. The summed E-state index contributed by atoms with van der Waals surface area (Å²) in [6, 6.07) is 0. The molecule has 0 radical (unpaired) electrons. The van der Waals surface area contributed by atoms with Gasteiger partial charge in [0.15, 0.2) is 5.78 Å². The minimum Gasteiger partial charge on any atom is -0.511 e. The predicted molar refractivity (Wildman–Crippen MR) is 144 cm³/mol. The predicted octanol–water partition coefficient (Wildman–Crippen LogP) is 6.66. The van der Waals surface area contributed by atoms with E-state index in [-0.39, 0.29) is 48.2 Å². The molecule has 0 heterocycles. The second-order valence-corrected chi connectivity index (χ2v) is 15.1. The Kier molecular flexibility index (Phi) is 5.83. The average molecular weight is 577 g/mol. The lowest BCUT2D eigenvalue weighted by molar-refractivity contribution is -0.207. The first-order chi connectivity index (χ1) is 18.9. The number of ketones is 1. The summed E-state index contributed by atoms with van der Waals surface area (Å²) in [6.07, 6.45) is 1.42. The van der Waals surface area contributed by atoms with Crippen LogP contribution in [0.25, 0.3) is 0 Å². The van der Waals surface area contributed by atoms with E-state index in [0.717, 1.165) is 25.0 Å². The lowest BCUT2D eigenvalue weighted by atomic mass is 9.45. The summed E-state index contributed by atoms with van der Waals surface area (Å²) in [5.41, 5.74) is -7.40. The minimum absolute atomic E-state index is 0.0228. The molecule has 11 atom stereocenters. The number of carboxylic acids is 1. The molecular formula is C32H42F2O7. The lowest BCUT2D eigenvalue weighted by Crippen LogP contribution is -2.66. The first-order valence-electron chi connectivity index (χ1n) is 15.0. The molecule has 2 bridgehead atoms. The first-order valence-corrected chi connectivity index (χ1v) is 15.0. The van der Waals surface area contributed by atoms with Gasteiger partial charge in [-0.2, -0.15) is 0 Å². The molecule has 0 amide bonds. The maximum absolute atomic E-state index is 17.4. The van der Waals surface area contributed by atoms with E-state index in [9.17, 15) is 24.6 Å². The summed E-state index contributed by atoms with van der Waals surface area (Å²) in [6.45, 7) is 11.3. The number of alkyl halides is 2. The van der Waals surface area contributed by atoms with E-state index >= 15 is 8.78 Å². The summed E-state index contributed by atoms with van der Waals surface area (Å²) < 4.78 is 45.0. The van der Waals surface area contributed by atoms with Crippen LogP contribution < -0.4 is 0 Å². The number of hydrogen-bond donors (Lipinski definition) is 2. The Morgan fingerprint density at radius 1 is 0.976 bits per heavy atom. The molecule has 5 saturated carbocycles. The number of carboxylic acid groups (broad SMARTS) is 1. The van der Waals surface area contributed by atoms with Gasteiger partial charge in [0.25, 0.3) is 0 Å². The standard InChI is InChI=1S/C32H42F2O7/c1-16-11-19-20-15-22(33)21-13-18(35)14-23(36)30(21,6)31(20,34)10-9-28(19,4)32(16,25(37)38)41-26(39)40-24-12-17-7-8-29(24,5)27(17,2)3/h13-14,16-17,19-20,22,24,36H,7-12,15H2,1-6H3,(H,37,38)/t16-,17-,19+,20+,22+,24+,28+,29+,30-,31?,32-/m1/s1. The quantitative estimate of drug-likeness (QED) is 0.362. The van der Waals surface area contributed by atoms with Crippen LogP contribution in [-0.2, 0) is 19.1 Å². The maximum atomic E-state index is 17.4. The average Bonchev–Trinajstić information content (AvgIpc) is 3.32. The van der Waals surface area contributed by atoms with Crippen molar-refractivity contribution in [1.82, 2.24) is 0 Å². The van der Waals surface area contributed by atoms with Gasteiger partial charge in [0.2, 0.25) is 5.60 Å². The van der Waals surface area contributed by atoms with Crippen molar-refractivity contribution in [2.45, 2.75) is 110 Å². The molecule has 0 saturated heterocycles. The summed E-state index contributed by atoms with van der Waals surface area (Å²) in [4.78, 5) is 38.7. The van der Waals surface area contributed by atoms with Gasteiger partial charge < -0.3 is 19.7 Å². The highest BCUT2D eigenvalue weighted by Crippen LogP contribution is 2.72. The number of allylic oxidation sites excluding steroid dienone is 3. The van der Waals surface area contributed by atoms with E-state index in [4.69, 9.17) is 9.47 Å². The number of carbonyl (C=O) groups excluding carboxylic acids is 2. The first kappa shape index (κ1) is 28.7. The van der Waals surface area contributed by atoms with Crippen molar-refractivity contribution in [3.8, 4) is 0 Å². The molecule has 2 N–H and O–H groups in total. The number of rotatable bonds is 3. The number of aliphatic hydroxyl groups is 1. The molecule has 0 aromatic heterocycles. The van der Waals surface area contributed by atoms with Crippen LogP contribution in [-0.4, -0.2) is 51.7 Å². The Labute approximate surface area is 239 Å². The summed E-state index contributed by atoms with van der Waals surface area (Å²) in [5.74, 6) is -4.31. The Morgan fingerprint density at radius 3 is 2.24 bits per heavy atom. The SMILES string of the molecule is C[C@@H]1C[C@H]2[C@@H]3C[C@H](F)C4=CC(=O)C=C(O)[C@]4(C)C3(F)CC[C@]2(C)[C@]1(OC(=O)O[C@H]1C[C@H]2CC[C@]1(C)C2(C)C)C(=O)O. The molecule has 6 rings (SSSR count). The zero-order valence-electron chi connectivity index (χ0n) is 24.8. The molecule has 0 aromatic rings. The fraction of sp³-hybridized carbons (Fsp3) is 0.781. The lowest BCUT2D eigenvalue weighted by Gasteiger charge is -2.61. The van der Waals surface area contributed by atoms with E-state index in [1.165, 1.54) is 6.92 Å². The monoisotopic (exact) mass is 576 g/mol. The molecule has 0 aliphatic heterocycles. The van der Waals surface area contributed by atoms with Crippen LogP contribution in [0.2, 0.25) is 0 Å². The maximum Gasteiger partial charge on any atom is 0.509 e. The van der Waals surface area contributed by atoms with E-state index in [1.807, 2.05) is 0 Å². The van der Waals surface area contributed by atoms with Crippen molar-refractivity contribution in [3.05, 3.63) is 23.5 Å². The van der Waals surface area contributed by atoms with Gasteiger partial charge in [-0.25, -0.2) is 18.4 Å². The summed E-state index contributed by atoms with van der Waals surface area (Å²) >= 11 is 0. The van der Waals surface area contributed by atoms with Gasteiger partial charge in [0.1, 0.15) is 23.7 Å². The highest BCUT2D eigenvalue weighted by molar-refractivity contribution is 6.02. The van der Waals surface area contributed by atoms with Crippen molar-refractivity contribution in [1.29, 1.82) is 0 Å². The molecule has 0 spiro atoms. The highest BCUT2D eigenvalue weighted by atomic mass is 19.1. The van der Waals surface area contributed by atoms with Crippen LogP contribution in [0.4, 0.5) is 13.6 Å². The van der Waals surface area contributed by atoms with Crippen molar-refractivity contribution in [2.75, 3.05) is 0 Å². The van der Waals surface area contributed by atoms with Gasteiger partial charge in [0, 0.05) is 28.7 Å². The largest absolute Gasteiger partial charge is 0.511 e. The molecule has 1 unspecified atom stereocenters. The topological polar surface area (TPSA) is 110 Å². The van der Waals surface area contributed by atoms with Crippen LogP contribution in [0, 0.1) is 45.3 Å². The number of ether oxygens (including phenoxy) is 2. The zero-order valence-corrected chi connectivity index (χ0v) is 24.8. The molecular weight excluding hydrogens is 534 g/mol. The molecule has 226 valence electrons. The number of hydrogen-bond acceptors (Lipinski definition) is 6. The van der Waals surface area contributed by atoms with Crippen LogP contribution in [0.5, 0.6) is 0 Å². The molecule has 41 heavy (non-hydrogen) atoms. The second-order valence-electron chi connectivity index (χ2n) is 15.1. The molecule has 5 fully saturated rings. The number of aliphatic carboxylic acids is 1. The van der Waals surface area contributed by atoms with Gasteiger partial charge in [-0.05, 0) is 80.8 Å². The number of halogens is 2. The normalized spacial score (nSPS) is 51.2. The van der Waals surface area contributed by atoms with E-state index in [0.29, 0.717) is 12.3 Å². The van der Waals surface area contributed by atoms with Crippen molar-refractivity contribution >= 4 is 17.9 Å². The molecule has 6 aliphatic carbocycles. The minimum atomic E-state index is -2.12. The van der Waals surface area contributed by atoms with Crippen LogP contribution in [0.1, 0.15) is 86.5 Å². The van der Waals surface area contributed by atoms with Crippen molar-refractivity contribution in [3.63, 3.8) is 0 Å². The highest BCUT2D eigenvalue weighted by Gasteiger charge is 2.77. The Bertz CT molecular complexity index is 1290. The Morgan fingerprint density at radius 2 is 1.66 bits per heavy atom. The van der Waals surface area contributed by atoms with Crippen molar-refractivity contribution in [2.24, 2.45) is 45.3 Å². The molecule has 7 nitrogen and oxygen atoms in total. The fourth-order valence-electron chi connectivity index (χ4n) is 10.8. The number of fused-ring (bicyclic) bond motifs is 7. The van der Waals surface area contributed by atoms with Crippen LogP contribution >= 0.6 is 0 Å². The van der Waals surface area contributed by atoms with E-state index < -0.39 is 69.7 Å². The van der Waals surface area contributed by atoms with E-state index in [2.05, 4.69) is 20.8 Å². The zero-order chi connectivity index (χ0) is 30.1. The van der Waals surface area contributed by atoms with E-state index in [1.54, 1.807) is 13.8 Å². The van der Waals surface area contributed by atoms with Crippen LogP contribution in [0.3, 0.4) is 0 Å². The Hall–Kier alpha value is -2.45. The third-order valence-corrected chi connectivity index (χ3v) is 13.9. The number of carbonyl (C=O) groups is 3. The summed E-state index contributed by atoms with van der Waals surface area (Å²) in [5, 5.41) is 21.6. The van der Waals surface area contributed by atoms with Crippen LogP contribution in [0.15, 0.2) is 23.5 Å². The van der Waals surface area contributed by atoms with Gasteiger partial charge >= 0.3 is 12.1 Å². The van der Waals surface area contributed by atoms with Gasteiger partial charge in [0.05, 0.1) is 5.41 Å². The summed E-state index contributed by atoms with van der Waals surface area (Å²) in [7, 11) is 0.